The molecule has 1 rings (SSSR count). The monoisotopic (exact) mass is 235 g/mol. The first-order valence-electron chi connectivity index (χ1n) is 4.96. The van der Waals surface area contributed by atoms with Crippen molar-refractivity contribution in [2.45, 2.75) is 12.8 Å². The van der Waals surface area contributed by atoms with Gasteiger partial charge in [0.2, 0.25) is 5.91 Å². The summed E-state index contributed by atoms with van der Waals surface area (Å²) in [6.45, 7) is 1.90. The second-order valence-corrected chi connectivity index (χ2v) is 5.97. The fourth-order valence-corrected chi connectivity index (χ4v) is 2.79. The number of carbonyl (C=O) groups is 1. The zero-order valence-corrected chi connectivity index (χ0v) is 9.42. The van der Waals surface area contributed by atoms with Crippen molar-refractivity contribution < 1.29 is 13.2 Å². The quantitative estimate of drug-likeness (QED) is 0.351. The molecule has 15 heavy (non-hydrogen) atoms. The zero-order chi connectivity index (χ0) is 11.3. The van der Waals surface area contributed by atoms with E-state index in [1.54, 1.807) is 0 Å². The normalized spacial score (nSPS) is 21.1. The number of hydrogen-bond donors (Lipinski definition) is 2. The lowest BCUT2D eigenvalue weighted by Crippen LogP contribution is -2.41. The van der Waals surface area contributed by atoms with Crippen LogP contribution in [0.15, 0.2) is 0 Å². The first-order valence-corrected chi connectivity index (χ1v) is 6.78. The highest BCUT2D eigenvalue weighted by atomic mass is 32.2. The molecule has 1 amide bonds. The summed E-state index contributed by atoms with van der Waals surface area (Å²) in [6.07, 6.45) is 1.10. The van der Waals surface area contributed by atoms with Gasteiger partial charge in [-0.05, 0) is 13.0 Å². The number of hydrogen-bond acceptors (Lipinski definition) is 5. The Bertz CT molecular complexity index is 301. The van der Waals surface area contributed by atoms with Crippen LogP contribution in [0.3, 0.4) is 0 Å². The Morgan fingerprint density at radius 3 is 2.47 bits per heavy atom. The molecule has 0 radical (unpaired) electrons. The molecular weight excluding hydrogens is 218 g/mol. The van der Waals surface area contributed by atoms with E-state index in [1.807, 2.05) is 0 Å². The van der Waals surface area contributed by atoms with Crippen LogP contribution in [0.25, 0.3) is 0 Å². The maximum absolute atomic E-state index is 11.1. The minimum Gasteiger partial charge on any atom is -0.301 e. The molecule has 1 aliphatic rings. The van der Waals surface area contributed by atoms with Crippen molar-refractivity contribution in [2.24, 2.45) is 5.84 Å². The number of amides is 1. The highest BCUT2D eigenvalue weighted by Crippen LogP contribution is 2.04. The summed E-state index contributed by atoms with van der Waals surface area (Å²) in [5, 5.41) is 0. The van der Waals surface area contributed by atoms with Crippen LogP contribution >= 0.6 is 0 Å². The van der Waals surface area contributed by atoms with Crippen LogP contribution in [-0.2, 0) is 14.6 Å². The molecule has 0 unspecified atom stereocenters. The Morgan fingerprint density at radius 1 is 1.33 bits per heavy atom. The molecule has 0 aromatic heterocycles. The molecule has 0 bridgehead atoms. The molecular formula is C8H17N3O3S. The summed E-state index contributed by atoms with van der Waals surface area (Å²) < 4.78 is 22.2. The van der Waals surface area contributed by atoms with Gasteiger partial charge < -0.3 is 4.90 Å². The van der Waals surface area contributed by atoms with Gasteiger partial charge in [-0.2, -0.15) is 0 Å². The molecule has 1 heterocycles. The average Bonchev–Trinajstić information content (AvgIpc) is 2.20. The van der Waals surface area contributed by atoms with E-state index in [0.717, 1.165) is 6.54 Å². The first kappa shape index (κ1) is 12.4. The Balaban J connectivity index is 2.17. The fourth-order valence-electron chi connectivity index (χ4n) is 1.51. The largest absolute Gasteiger partial charge is 0.301 e. The highest BCUT2D eigenvalue weighted by molar-refractivity contribution is 7.91. The third kappa shape index (κ3) is 4.59. The molecule has 0 spiro atoms. The summed E-state index contributed by atoms with van der Waals surface area (Å²) in [4.78, 5) is 12.9. The lowest BCUT2D eigenvalue weighted by Gasteiger charge is -2.26. The lowest BCUT2D eigenvalue weighted by atomic mass is 10.3. The van der Waals surface area contributed by atoms with Crippen LogP contribution < -0.4 is 11.3 Å². The van der Waals surface area contributed by atoms with Crippen molar-refractivity contribution in [1.82, 2.24) is 10.3 Å². The summed E-state index contributed by atoms with van der Waals surface area (Å²) in [5.74, 6) is 5.22. The predicted molar refractivity (Wildman–Crippen MR) is 56.7 cm³/mol. The van der Waals surface area contributed by atoms with E-state index in [-0.39, 0.29) is 17.4 Å². The van der Waals surface area contributed by atoms with Crippen molar-refractivity contribution in [2.75, 3.05) is 31.1 Å². The topological polar surface area (TPSA) is 92.5 Å². The zero-order valence-electron chi connectivity index (χ0n) is 8.61. The van der Waals surface area contributed by atoms with E-state index in [0.29, 0.717) is 25.9 Å². The molecule has 1 fully saturated rings. The van der Waals surface area contributed by atoms with E-state index < -0.39 is 9.84 Å². The first-order chi connectivity index (χ1) is 7.03. The van der Waals surface area contributed by atoms with Gasteiger partial charge in [0, 0.05) is 19.5 Å². The van der Waals surface area contributed by atoms with Gasteiger partial charge in [0.1, 0.15) is 0 Å². The molecule has 0 aliphatic carbocycles. The Morgan fingerprint density at radius 2 is 1.93 bits per heavy atom. The third-order valence-corrected chi connectivity index (χ3v) is 4.09. The molecule has 1 aliphatic heterocycles. The van der Waals surface area contributed by atoms with Crippen LogP contribution in [0.5, 0.6) is 0 Å². The van der Waals surface area contributed by atoms with Gasteiger partial charge in [0.05, 0.1) is 11.5 Å². The van der Waals surface area contributed by atoms with Gasteiger partial charge in [0.25, 0.3) is 0 Å². The molecule has 0 aromatic rings. The second-order valence-electron chi connectivity index (χ2n) is 3.66. The van der Waals surface area contributed by atoms with Crippen molar-refractivity contribution in [3.63, 3.8) is 0 Å². The van der Waals surface area contributed by atoms with Crippen molar-refractivity contribution in [3.05, 3.63) is 0 Å². The standard InChI is InChI=1S/C8H17N3O3S/c9-10-8(12)2-1-3-11-4-6-15(13,14)7-5-11/h1-7,9H2,(H,10,12). The van der Waals surface area contributed by atoms with Crippen molar-refractivity contribution >= 4 is 15.7 Å². The summed E-state index contributed by atoms with van der Waals surface area (Å²) in [6, 6.07) is 0. The van der Waals surface area contributed by atoms with E-state index >= 15 is 0 Å². The molecule has 7 heteroatoms. The maximum atomic E-state index is 11.1. The van der Waals surface area contributed by atoms with Crippen molar-refractivity contribution in [1.29, 1.82) is 0 Å². The van der Waals surface area contributed by atoms with Gasteiger partial charge >= 0.3 is 0 Å². The van der Waals surface area contributed by atoms with Crippen LogP contribution in [0, 0.1) is 0 Å². The minimum atomic E-state index is -2.80. The number of nitrogens with one attached hydrogen (secondary N) is 1. The van der Waals surface area contributed by atoms with E-state index in [1.165, 1.54) is 0 Å². The molecule has 1 saturated heterocycles. The number of hydrazine groups is 1. The Hall–Kier alpha value is -0.660. The van der Waals surface area contributed by atoms with Crippen molar-refractivity contribution in [3.8, 4) is 0 Å². The van der Waals surface area contributed by atoms with E-state index in [2.05, 4.69) is 10.3 Å². The average molecular weight is 235 g/mol. The Kier molecular flexibility index (Phi) is 4.49. The second kappa shape index (κ2) is 5.43. The van der Waals surface area contributed by atoms with Crippen LogP contribution in [-0.4, -0.2) is 50.4 Å². The number of rotatable bonds is 4. The molecule has 0 aromatic carbocycles. The number of carbonyl (C=O) groups excluding carboxylic acids is 1. The van der Waals surface area contributed by atoms with E-state index in [9.17, 15) is 13.2 Å². The van der Waals surface area contributed by atoms with E-state index in [4.69, 9.17) is 5.84 Å². The highest BCUT2D eigenvalue weighted by Gasteiger charge is 2.20. The predicted octanol–water partition coefficient (Wildman–Crippen LogP) is -1.51. The molecule has 88 valence electrons. The lowest BCUT2D eigenvalue weighted by molar-refractivity contribution is -0.121. The van der Waals surface area contributed by atoms with Crippen LogP contribution in [0.1, 0.15) is 12.8 Å². The molecule has 0 atom stereocenters. The summed E-state index contributed by atoms with van der Waals surface area (Å²) >= 11 is 0. The smallest absolute Gasteiger partial charge is 0.233 e. The van der Waals surface area contributed by atoms with Gasteiger partial charge in [0.15, 0.2) is 9.84 Å². The van der Waals surface area contributed by atoms with Crippen LogP contribution in [0.2, 0.25) is 0 Å². The van der Waals surface area contributed by atoms with Gasteiger partial charge in [-0.1, -0.05) is 0 Å². The number of nitrogens with zero attached hydrogens (tertiary/aromatic N) is 1. The Labute approximate surface area is 89.7 Å². The molecule has 3 N–H and O–H groups in total. The minimum absolute atomic E-state index is 0.181. The van der Waals surface area contributed by atoms with Crippen LogP contribution in [0.4, 0.5) is 0 Å². The SMILES string of the molecule is NNC(=O)CCCN1CCS(=O)(=O)CC1. The van der Waals surface area contributed by atoms with Gasteiger partial charge in [-0.25, -0.2) is 14.3 Å². The summed E-state index contributed by atoms with van der Waals surface area (Å²) in [5.41, 5.74) is 2.06. The third-order valence-electron chi connectivity index (χ3n) is 2.48. The molecule has 6 nitrogen and oxygen atoms in total. The fraction of sp³-hybridized carbons (Fsp3) is 0.875. The molecule has 0 saturated carbocycles. The van der Waals surface area contributed by atoms with Gasteiger partial charge in [-0.3, -0.25) is 10.2 Å². The van der Waals surface area contributed by atoms with Gasteiger partial charge in [-0.15, -0.1) is 0 Å². The maximum Gasteiger partial charge on any atom is 0.233 e. The number of nitrogens with two attached hydrogens (primary N) is 1. The summed E-state index contributed by atoms with van der Waals surface area (Å²) in [7, 11) is -2.80. The number of sulfone groups is 1.